The number of rotatable bonds is 9. The fourth-order valence-corrected chi connectivity index (χ4v) is 5.05. The maximum Gasteiger partial charge on any atom is 0.234 e. The highest BCUT2D eigenvalue weighted by molar-refractivity contribution is 6.32. The molecule has 0 radical (unpaired) electrons. The zero-order valence-corrected chi connectivity index (χ0v) is 21.3. The SMILES string of the molecule is CCOc1cc(O)c(C(=O)/C=C/c2ccc(N3CCNCC3)cc2Cl)cc1CN1CCC[C@H]1C(N)=O. The van der Waals surface area contributed by atoms with Gasteiger partial charge in [0.15, 0.2) is 5.78 Å². The second kappa shape index (κ2) is 11.8. The normalized spacial score (nSPS) is 18.6. The van der Waals surface area contributed by atoms with Crippen LogP contribution in [0.15, 0.2) is 36.4 Å². The third-order valence-corrected chi connectivity index (χ3v) is 7.02. The van der Waals surface area contributed by atoms with E-state index < -0.39 is 0 Å². The summed E-state index contributed by atoms with van der Waals surface area (Å²) < 4.78 is 5.71. The Kier molecular flexibility index (Phi) is 8.51. The highest BCUT2D eigenvalue weighted by atomic mass is 35.5. The molecule has 1 atom stereocenters. The van der Waals surface area contributed by atoms with Crippen LogP contribution in [0.2, 0.25) is 5.02 Å². The lowest BCUT2D eigenvalue weighted by atomic mass is 10.0. The Hall–Kier alpha value is -3.07. The Morgan fingerprint density at radius 1 is 1.22 bits per heavy atom. The van der Waals surface area contributed by atoms with Gasteiger partial charge in [-0.2, -0.15) is 0 Å². The van der Waals surface area contributed by atoms with Crippen LogP contribution in [0.4, 0.5) is 5.69 Å². The number of nitrogens with zero attached hydrogens (tertiary/aromatic N) is 2. The number of nitrogens with one attached hydrogen (secondary N) is 1. The van der Waals surface area contributed by atoms with Crippen LogP contribution >= 0.6 is 11.6 Å². The molecule has 1 amide bonds. The smallest absolute Gasteiger partial charge is 0.234 e. The molecule has 0 bridgehead atoms. The van der Waals surface area contributed by atoms with E-state index in [0.717, 1.165) is 56.0 Å². The molecule has 36 heavy (non-hydrogen) atoms. The van der Waals surface area contributed by atoms with Crippen molar-refractivity contribution in [1.29, 1.82) is 0 Å². The van der Waals surface area contributed by atoms with Crippen LogP contribution < -0.4 is 20.7 Å². The van der Waals surface area contributed by atoms with E-state index in [9.17, 15) is 14.7 Å². The third-order valence-electron chi connectivity index (χ3n) is 6.69. The van der Waals surface area contributed by atoms with Crippen LogP contribution in [-0.2, 0) is 11.3 Å². The molecule has 2 aliphatic rings. The summed E-state index contributed by atoms with van der Waals surface area (Å²) in [5.41, 5.74) is 8.22. The minimum absolute atomic E-state index is 0.160. The van der Waals surface area contributed by atoms with E-state index in [4.69, 9.17) is 22.1 Å². The molecular weight excluding hydrogens is 480 g/mol. The average molecular weight is 513 g/mol. The summed E-state index contributed by atoms with van der Waals surface area (Å²) >= 11 is 6.51. The van der Waals surface area contributed by atoms with Gasteiger partial charge in [0.25, 0.3) is 0 Å². The molecule has 2 fully saturated rings. The molecule has 0 saturated carbocycles. The van der Waals surface area contributed by atoms with E-state index in [1.165, 1.54) is 12.1 Å². The summed E-state index contributed by atoms with van der Waals surface area (Å²) in [5.74, 6) is -0.391. The average Bonchev–Trinajstić information content (AvgIpc) is 3.34. The Balaban J connectivity index is 1.54. The van der Waals surface area contributed by atoms with Crippen LogP contribution in [0.5, 0.6) is 11.5 Å². The number of phenols is 1. The monoisotopic (exact) mass is 512 g/mol. The van der Waals surface area contributed by atoms with Crippen molar-refractivity contribution in [2.45, 2.75) is 32.4 Å². The summed E-state index contributed by atoms with van der Waals surface area (Å²) in [7, 11) is 0. The summed E-state index contributed by atoms with van der Waals surface area (Å²) in [6.45, 7) is 7.08. The van der Waals surface area contributed by atoms with E-state index in [1.807, 2.05) is 30.0 Å². The number of benzene rings is 2. The lowest BCUT2D eigenvalue weighted by Gasteiger charge is -2.29. The first kappa shape index (κ1) is 26.0. The van der Waals surface area contributed by atoms with Crippen molar-refractivity contribution in [1.82, 2.24) is 10.2 Å². The molecule has 2 saturated heterocycles. The second-order valence-corrected chi connectivity index (χ2v) is 9.49. The van der Waals surface area contributed by atoms with Crippen molar-refractivity contribution in [2.24, 2.45) is 5.73 Å². The van der Waals surface area contributed by atoms with Gasteiger partial charge in [-0.25, -0.2) is 0 Å². The van der Waals surface area contributed by atoms with E-state index >= 15 is 0 Å². The highest BCUT2D eigenvalue weighted by Crippen LogP contribution is 2.32. The number of allylic oxidation sites excluding steroid dienone is 1. The number of phenolic OH excluding ortho intramolecular Hbond substituents is 1. The molecule has 8 nitrogen and oxygen atoms in total. The van der Waals surface area contributed by atoms with Crippen molar-refractivity contribution < 1.29 is 19.4 Å². The van der Waals surface area contributed by atoms with Crippen LogP contribution in [0.1, 0.15) is 41.3 Å². The lowest BCUT2D eigenvalue weighted by molar-refractivity contribution is -0.122. The molecule has 0 aromatic heterocycles. The molecule has 9 heteroatoms. The fraction of sp³-hybridized carbons (Fsp3) is 0.407. The van der Waals surface area contributed by atoms with Crippen LogP contribution in [0.3, 0.4) is 0 Å². The van der Waals surface area contributed by atoms with Crippen molar-refractivity contribution >= 4 is 35.1 Å². The predicted molar refractivity (Wildman–Crippen MR) is 142 cm³/mol. The highest BCUT2D eigenvalue weighted by Gasteiger charge is 2.30. The standard InChI is InChI=1S/C27H33ClN4O4/c1-2-36-26-16-25(34)21(14-19(26)17-32-11-3-4-23(32)27(29)35)24(33)8-6-18-5-7-20(15-22(18)28)31-12-9-30-10-13-31/h5-8,14-16,23,30,34H,2-4,9-13,17H2,1H3,(H2,29,35)/b8-6+/t23-/m0/s1. The number of amides is 1. The summed E-state index contributed by atoms with van der Waals surface area (Å²) in [6.07, 6.45) is 4.65. The van der Waals surface area contributed by atoms with Crippen molar-refractivity contribution in [3.63, 3.8) is 0 Å². The number of carbonyl (C=O) groups is 2. The quantitative estimate of drug-likeness (QED) is 0.350. The minimum atomic E-state index is -0.358. The number of ketones is 1. The van der Waals surface area contributed by atoms with Gasteiger partial charge in [0.2, 0.25) is 5.91 Å². The molecule has 2 aliphatic heterocycles. The number of primary amides is 1. The first-order valence-corrected chi connectivity index (χ1v) is 12.7. The Morgan fingerprint density at radius 2 is 2.00 bits per heavy atom. The van der Waals surface area contributed by atoms with Crippen LogP contribution in [0.25, 0.3) is 6.08 Å². The first-order valence-electron chi connectivity index (χ1n) is 12.4. The Bertz CT molecular complexity index is 1150. The van der Waals surface area contributed by atoms with Gasteiger partial charge in [-0.1, -0.05) is 17.7 Å². The number of nitrogens with two attached hydrogens (primary N) is 1. The molecule has 2 aromatic rings. The predicted octanol–water partition coefficient (Wildman–Crippen LogP) is 3.20. The van der Waals surface area contributed by atoms with Gasteiger partial charge in [0.05, 0.1) is 18.2 Å². The van der Waals surface area contributed by atoms with E-state index in [0.29, 0.717) is 30.3 Å². The van der Waals surface area contributed by atoms with E-state index in [1.54, 1.807) is 12.1 Å². The number of ether oxygens (including phenoxy) is 1. The van der Waals surface area contributed by atoms with Gasteiger partial charge in [0.1, 0.15) is 11.5 Å². The van der Waals surface area contributed by atoms with Gasteiger partial charge in [-0.15, -0.1) is 0 Å². The molecule has 0 aliphatic carbocycles. The van der Waals surface area contributed by atoms with Crippen molar-refractivity contribution in [3.05, 3.63) is 58.1 Å². The molecule has 4 rings (SSSR count). The Labute approximate surface area is 216 Å². The number of likely N-dealkylation sites (tertiary alicyclic amines) is 1. The number of hydrogen-bond acceptors (Lipinski definition) is 7. The first-order chi connectivity index (χ1) is 17.4. The number of piperazine rings is 1. The van der Waals surface area contributed by atoms with Crippen LogP contribution in [0, 0.1) is 0 Å². The van der Waals surface area contributed by atoms with Gasteiger partial charge in [-0.05, 0) is 62.2 Å². The molecule has 2 aromatic carbocycles. The van der Waals surface area contributed by atoms with Gasteiger partial charge >= 0.3 is 0 Å². The largest absolute Gasteiger partial charge is 0.507 e. The van der Waals surface area contributed by atoms with Gasteiger partial charge < -0.3 is 25.8 Å². The van der Waals surface area contributed by atoms with Crippen molar-refractivity contribution in [2.75, 3.05) is 44.2 Å². The lowest BCUT2D eigenvalue weighted by Crippen LogP contribution is -2.43. The Morgan fingerprint density at radius 3 is 2.69 bits per heavy atom. The molecule has 192 valence electrons. The number of anilines is 1. The van der Waals surface area contributed by atoms with Crippen LogP contribution in [-0.4, -0.2) is 67.1 Å². The van der Waals surface area contributed by atoms with E-state index in [2.05, 4.69) is 10.2 Å². The zero-order valence-electron chi connectivity index (χ0n) is 20.5. The molecule has 4 N–H and O–H groups in total. The number of aromatic hydroxyl groups is 1. The van der Waals surface area contributed by atoms with Gasteiger partial charge in [-0.3, -0.25) is 14.5 Å². The maximum absolute atomic E-state index is 13.1. The topological polar surface area (TPSA) is 108 Å². The third kappa shape index (κ3) is 6.00. The van der Waals surface area contributed by atoms with E-state index in [-0.39, 0.29) is 29.0 Å². The number of halogens is 1. The molecule has 0 unspecified atom stereocenters. The summed E-state index contributed by atoms with van der Waals surface area (Å²) in [4.78, 5) is 29.1. The maximum atomic E-state index is 13.1. The number of hydrogen-bond donors (Lipinski definition) is 3. The zero-order chi connectivity index (χ0) is 25.7. The fourth-order valence-electron chi connectivity index (χ4n) is 4.81. The minimum Gasteiger partial charge on any atom is -0.507 e. The van der Waals surface area contributed by atoms with Gasteiger partial charge in [0, 0.05) is 55.1 Å². The second-order valence-electron chi connectivity index (χ2n) is 9.08. The molecular formula is C27H33ClN4O4. The van der Waals surface area contributed by atoms with Crippen molar-refractivity contribution in [3.8, 4) is 11.5 Å². The number of carbonyl (C=O) groups excluding carboxylic acids is 2. The molecule has 0 spiro atoms. The summed E-state index contributed by atoms with van der Waals surface area (Å²) in [5, 5.41) is 14.5. The molecule has 2 heterocycles. The summed E-state index contributed by atoms with van der Waals surface area (Å²) in [6, 6.07) is 8.56.